The average molecular weight is 207 g/mol. The van der Waals surface area contributed by atoms with Crippen LogP contribution in [0.5, 0.6) is 0 Å². The molecule has 0 aromatic carbocycles. The first-order chi connectivity index (χ1) is 6.70. The van der Waals surface area contributed by atoms with Gasteiger partial charge in [-0.15, -0.1) is 0 Å². The molecule has 0 unspecified atom stereocenters. The molecular weight excluding hydrogens is 196 g/mol. The van der Waals surface area contributed by atoms with E-state index in [0.29, 0.717) is 0 Å². The largest absolute Gasteiger partial charge is 0.347 e. The Morgan fingerprint density at radius 2 is 2.21 bits per heavy atom. The van der Waals surface area contributed by atoms with Gasteiger partial charge in [0.1, 0.15) is 0 Å². The van der Waals surface area contributed by atoms with E-state index in [2.05, 4.69) is 9.55 Å². The molecule has 2 rings (SSSR count). The smallest absolute Gasteiger partial charge is 0.0684 e. The topological polar surface area (TPSA) is 17.8 Å². The highest BCUT2D eigenvalue weighted by Crippen LogP contribution is 2.29. The second-order valence-electron chi connectivity index (χ2n) is 3.28. The van der Waals surface area contributed by atoms with Gasteiger partial charge in [-0.2, -0.15) is 0 Å². The van der Waals surface area contributed by atoms with Crippen LogP contribution in [0.3, 0.4) is 0 Å². The van der Waals surface area contributed by atoms with Crippen molar-refractivity contribution in [3.63, 3.8) is 0 Å². The van der Waals surface area contributed by atoms with Crippen LogP contribution in [0.4, 0.5) is 0 Å². The van der Waals surface area contributed by atoms with Crippen LogP contribution in [-0.2, 0) is 7.05 Å². The zero-order chi connectivity index (χ0) is 10.1. The SMILES string of the molecule is Cc1cc(Cl)c(-c2cccnc2)n1C. The van der Waals surface area contributed by atoms with Crippen molar-refractivity contribution in [1.29, 1.82) is 0 Å². The van der Waals surface area contributed by atoms with Crippen LogP contribution in [0.2, 0.25) is 5.02 Å². The van der Waals surface area contributed by atoms with Crippen molar-refractivity contribution in [2.24, 2.45) is 7.05 Å². The Balaban J connectivity index is 2.62. The van der Waals surface area contributed by atoms with E-state index < -0.39 is 0 Å². The summed E-state index contributed by atoms with van der Waals surface area (Å²) >= 11 is 6.14. The second-order valence-corrected chi connectivity index (χ2v) is 3.69. The highest BCUT2D eigenvalue weighted by molar-refractivity contribution is 6.33. The summed E-state index contributed by atoms with van der Waals surface area (Å²) in [6.45, 7) is 2.03. The number of aromatic nitrogens is 2. The van der Waals surface area contributed by atoms with E-state index in [4.69, 9.17) is 11.6 Å². The summed E-state index contributed by atoms with van der Waals surface area (Å²) < 4.78 is 2.07. The molecule has 0 N–H and O–H groups in total. The fourth-order valence-electron chi connectivity index (χ4n) is 1.52. The number of aryl methyl sites for hydroxylation is 1. The Bertz CT molecular complexity index is 446. The minimum atomic E-state index is 0.776. The monoisotopic (exact) mass is 206 g/mol. The van der Waals surface area contributed by atoms with Crippen LogP contribution in [0, 0.1) is 6.92 Å². The molecule has 0 aliphatic carbocycles. The van der Waals surface area contributed by atoms with E-state index >= 15 is 0 Å². The quantitative estimate of drug-likeness (QED) is 0.701. The molecule has 0 aliphatic heterocycles. The molecule has 3 heteroatoms. The van der Waals surface area contributed by atoms with Crippen molar-refractivity contribution in [2.75, 3.05) is 0 Å². The number of nitrogens with zero attached hydrogens (tertiary/aromatic N) is 2. The minimum Gasteiger partial charge on any atom is -0.347 e. The molecule has 0 atom stereocenters. The summed E-state index contributed by atoms with van der Waals surface area (Å²) in [6, 6.07) is 5.88. The lowest BCUT2D eigenvalue weighted by Gasteiger charge is -2.04. The molecule has 0 amide bonds. The summed E-state index contributed by atoms with van der Waals surface area (Å²) in [4.78, 5) is 4.08. The molecule has 0 saturated heterocycles. The van der Waals surface area contributed by atoms with E-state index in [0.717, 1.165) is 22.0 Å². The third-order valence-corrected chi connectivity index (χ3v) is 2.65. The summed E-state index contributed by atoms with van der Waals surface area (Å²) in [5.74, 6) is 0. The number of pyridine rings is 1. The fourth-order valence-corrected chi connectivity index (χ4v) is 1.91. The van der Waals surface area contributed by atoms with Crippen molar-refractivity contribution < 1.29 is 0 Å². The molecule has 0 bridgehead atoms. The first kappa shape index (κ1) is 9.28. The molecular formula is C11H11ClN2. The van der Waals surface area contributed by atoms with E-state index in [-0.39, 0.29) is 0 Å². The maximum Gasteiger partial charge on any atom is 0.0684 e. The molecule has 0 saturated carbocycles. The van der Waals surface area contributed by atoms with Crippen LogP contribution >= 0.6 is 11.6 Å². The normalized spacial score (nSPS) is 10.5. The van der Waals surface area contributed by atoms with Crippen LogP contribution < -0.4 is 0 Å². The Morgan fingerprint density at radius 3 is 2.71 bits per heavy atom. The van der Waals surface area contributed by atoms with E-state index in [1.807, 2.05) is 38.4 Å². The number of hydrogen-bond donors (Lipinski definition) is 0. The fraction of sp³-hybridized carbons (Fsp3) is 0.182. The molecule has 0 fully saturated rings. The zero-order valence-electron chi connectivity index (χ0n) is 8.16. The maximum atomic E-state index is 6.14. The maximum absolute atomic E-state index is 6.14. The van der Waals surface area contributed by atoms with Crippen molar-refractivity contribution in [1.82, 2.24) is 9.55 Å². The minimum absolute atomic E-state index is 0.776. The van der Waals surface area contributed by atoms with Crippen molar-refractivity contribution >= 4 is 11.6 Å². The van der Waals surface area contributed by atoms with Gasteiger partial charge in [0.25, 0.3) is 0 Å². The molecule has 0 spiro atoms. The number of rotatable bonds is 1. The molecule has 0 aliphatic rings. The van der Waals surface area contributed by atoms with Gasteiger partial charge in [-0.3, -0.25) is 4.98 Å². The second kappa shape index (κ2) is 3.46. The molecule has 2 aromatic heterocycles. The van der Waals surface area contributed by atoms with Gasteiger partial charge < -0.3 is 4.57 Å². The first-order valence-corrected chi connectivity index (χ1v) is 4.80. The standard InChI is InChI=1S/C11H11ClN2/c1-8-6-10(12)11(14(8)2)9-4-3-5-13-7-9/h3-7H,1-2H3. The lowest BCUT2D eigenvalue weighted by molar-refractivity contribution is 0.890. The van der Waals surface area contributed by atoms with Crippen LogP contribution in [0.1, 0.15) is 5.69 Å². The summed E-state index contributed by atoms with van der Waals surface area (Å²) in [7, 11) is 2.00. The predicted molar refractivity (Wildman–Crippen MR) is 58.4 cm³/mol. The molecule has 72 valence electrons. The lowest BCUT2D eigenvalue weighted by atomic mass is 10.2. The first-order valence-electron chi connectivity index (χ1n) is 4.42. The molecule has 14 heavy (non-hydrogen) atoms. The van der Waals surface area contributed by atoms with Crippen molar-refractivity contribution in [3.05, 3.63) is 41.3 Å². The zero-order valence-corrected chi connectivity index (χ0v) is 8.92. The highest BCUT2D eigenvalue weighted by atomic mass is 35.5. The summed E-state index contributed by atoms with van der Waals surface area (Å²) in [5.41, 5.74) is 3.22. The third kappa shape index (κ3) is 1.42. The van der Waals surface area contributed by atoms with Gasteiger partial charge in [-0.05, 0) is 25.1 Å². The molecule has 2 heterocycles. The van der Waals surface area contributed by atoms with Gasteiger partial charge in [0.2, 0.25) is 0 Å². The van der Waals surface area contributed by atoms with Crippen molar-refractivity contribution in [2.45, 2.75) is 6.92 Å². The Hall–Kier alpha value is -1.28. The Labute approximate surface area is 88.2 Å². The summed E-state index contributed by atoms with van der Waals surface area (Å²) in [6.07, 6.45) is 3.58. The van der Waals surface area contributed by atoms with Gasteiger partial charge in [-0.1, -0.05) is 11.6 Å². The van der Waals surface area contributed by atoms with Gasteiger partial charge in [0, 0.05) is 30.7 Å². The van der Waals surface area contributed by atoms with E-state index in [1.165, 1.54) is 0 Å². The summed E-state index contributed by atoms with van der Waals surface area (Å²) in [5, 5.41) is 0.776. The van der Waals surface area contributed by atoms with E-state index in [1.54, 1.807) is 6.20 Å². The predicted octanol–water partition coefficient (Wildman–Crippen LogP) is 3.05. The Morgan fingerprint density at radius 1 is 1.43 bits per heavy atom. The van der Waals surface area contributed by atoms with Gasteiger partial charge in [0.05, 0.1) is 10.7 Å². The molecule has 0 radical (unpaired) electrons. The third-order valence-electron chi connectivity index (χ3n) is 2.36. The highest BCUT2D eigenvalue weighted by Gasteiger charge is 2.09. The van der Waals surface area contributed by atoms with Crippen LogP contribution in [-0.4, -0.2) is 9.55 Å². The average Bonchev–Trinajstić information content (AvgIpc) is 2.43. The molecule has 2 aromatic rings. The van der Waals surface area contributed by atoms with Crippen LogP contribution in [0.25, 0.3) is 11.3 Å². The van der Waals surface area contributed by atoms with Gasteiger partial charge >= 0.3 is 0 Å². The van der Waals surface area contributed by atoms with Gasteiger partial charge in [-0.25, -0.2) is 0 Å². The number of halogens is 1. The van der Waals surface area contributed by atoms with Crippen LogP contribution in [0.15, 0.2) is 30.6 Å². The van der Waals surface area contributed by atoms with E-state index in [9.17, 15) is 0 Å². The van der Waals surface area contributed by atoms with Crippen molar-refractivity contribution in [3.8, 4) is 11.3 Å². The molecule has 2 nitrogen and oxygen atoms in total. The van der Waals surface area contributed by atoms with Gasteiger partial charge in [0.15, 0.2) is 0 Å². The lowest BCUT2D eigenvalue weighted by Crippen LogP contribution is -1.93. The Kier molecular flexibility index (Phi) is 2.30. The number of hydrogen-bond acceptors (Lipinski definition) is 1.